The molecule has 0 saturated carbocycles. The Kier molecular flexibility index (Phi) is 8.51. The third kappa shape index (κ3) is 8.90. The standard InChI is InChI=1S/C60H56N3O.Pt/c1-37-19-21-41(22-20-37)44-27-28-61-53(35-44)46-32-45(33-48(34-46)60(8,9)10)49-17-14-18-54-56(49)62-58(52-30-38(2)29-40(4)57(52)64)63(54)55-31-39(3)50(36-51(55)42-15-12-11-13-16-42)43-23-25-47(26-24-43)59(5,6)7;/h11-31,33-36,64H,1-10H3;/q-1;/i1D3,3D3,19D,20D,21D,22D,27D,28D,35D;. The fourth-order valence-corrected chi connectivity index (χ4v) is 8.17. The van der Waals surface area contributed by atoms with Crippen molar-refractivity contribution in [1.82, 2.24) is 14.5 Å². The number of phenols is 1. The molecule has 9 rings (SSSR count). The van der Waals surface area contributed by atoms with Crippen molar-refractivity contribution in [2.75, 3.05) is 0 Å². The molecule has 2 heterocycles. The Hall–Kier alpha value is -6.35. The molecule has 0 saturated heterocycles. The van der Waals surface area contributed by atoms with Crippen LogP contribution in [0.5, 0.6) is 5.75 Å². The first-order valence-electron chi connectivity index (χ1n) is 27.7. The van der Waals surface area contributed by atoms with Crippen LogP contribution in [-0.2, 0) is 31.9 Å². The largest absolute Gasteiger partial charge is 0.507 e. The maximum Gasteiger partial charge on any atom is 0.148 e. The molecule has 5 heteroatoms. The molecule has 0 aliphatic rings. The van der Waals surface area contributed by atoms with Gasteiger partial charge in [-0.15, -0.1) is 29.3 Å². The monoisotopic (exact) mass is 1040 g/mol. The summed E-state index contributed by atoms with van der Waals surface area (Å²) in [6.07, 6.45) is -0.629. The van der Waals surface area contributed by atoms with Crippen LogP contribution in [0.25, 0.3) is 83.9 Å². The Balaban J connectivity index is 0.00000803. The van der Waals surface area contributed by atoms with E-state index in [-0.39, 0.29) is 49.1 Å². The van der Waals surface area contributed by atoms with E-state index in [0.29, 0.717) is 55.9 Å². The van der Waals surface area contributed by atoms with Gasteiger partial charge in [-0.25, -0.2) is 4.98 Å². The first kappa shape index (κ1) is 31.5. The Morgan fingerprint density at radius 1 is 0.600 bits per heavy atom. The summed E-state index contributed by atoms with van der Waals surface area (Å²) in [5.74, 6) is 0.294. The van der Waals surface area contributed by atoms with Crippen LogP contribution in [0.3, 0.4) is 0 Å². The Bertz CT molecular complexity index is 3820. The second kappa shape index (κ2) is 17.6. The molecular formula is C60H56N3OPt-. The van der Waals surface area contributed by atoms with Crippen LogP contribution in [0.4, 0.5) is 0 Å². The number of pyridine rings is 1. The van der Waals surface area contributed by atoms with Crippen molar-refractivity contribution >= 4 is 11.0 Å². The summed E-state index contributed by atoms with van der Waals surface area (Å²) in [7, 11) is 0. The molecule has 0 amide bonds. The number of fused-ring (bicyclic) bond motifs is 1. The molecule has 0 radical (unpaired) electrons. The summed E-state index contributed by atoms with van der Waals surface area (Å²) >= 11 is 0. The van der Waals surface area contributed by atoms with Crippen molar-refractivity contribution in [2.24, 2.45) is 0 Å². The summed E-state index contributed by atoms with van der Waals surface area (Å²) in [4.78, 5) is 9.79. The average Bonchev–Trinajstić information content (AvgIpc) is 3.82. The number of benzene rings is 7. The topological polar surface area (TPSA) is 50.9 Å². The number of para-hydroxylation sites is 1. The number of aromatic nitrogens is 3. The SMILES string of the molecule is [2H]c1nc(-c2[c-]c(-c3cccc4c3nc(-c3cc(C)cc(C)c3O)n4-c3cc(C([2H])([2H])[2H])c(-c4ccc(C(C)(C)C)cc4)cc3-c3ccccc3)cc(C(C)(C)C)c2)c([2H])c(-c2c([2H])c([2H])c(C([2H])([2H])[2H])c([2H])c2[2H])c1[2H].[Pt]. The van der Waals surface area contributed by atoms with E-state index in [1.807, 2.05) is 129 Å². The number of aryl methyl sites for hydroxylation is 3. The van der Waals surface area contributed by atoms with Crippen molar-refractivity contribution in [3.05, 3.63) is 191 Å². The summed E-state index contributed by atoms with van der Waals surface area (Å²) in [6, 6.07) is 33.2. The predicted octanol–water partition coefficient (Wildman–Crippen LogP) is 15.8. The van der Waals surface area contributed by atoms with Gasteiger partial charge in [0.05, 0.1) is 31.9 Å². The fourth-order valence-electron chi connectivity index (χ4n) is 8.17. The maximum atomic E-state index is 12.0. The van der Waals surface area contributed by atoms with Crippen molar-refractivity contribution < 1.29 is 44.0 Å². The van der Waals surface area contributed by atoms with E-state index in [0.717, 1.165) is 27.8 Å². The normalized spacial score (nSPS) is 15.0. The fraction of sp³-hybridized carbons (Fsp3) is 0.200. The van der Waals surface area contributed by atoms with Gasteiger partial charge >= 0.3 is 0 Å². The summed E-state index contributed by atoms with van der Waals surface area (Å²) in [6.45, 7) is 10.5. The minimum absolute atomic E-state index is 0. The number of rotatable bonds is 7. The van der Waals surface area contributed by atoms with Crippen molar-refractivity contribution in [3.63, 3.8) is 0 Å². The second-order valence-corrected chi connectivity index (χ2v) is 18.4. The number of hydrogen-bond donors (Lipinski definition) is 1. The molecule has 1 N–H and O–H groups in total. The van der Waals surface area contributed by atoms with Gasteiger partial charge in [0.2, 0.25) is 0 Å². The zero-order valence-corrected chi connectivity index (χ0v) is 39.8. The first-order valence-corrected chi connectivity index (χ1v) is 21.2. The second-order valence-electron chi connectivity index (χ2n) is 18.4. The third-order valence-corrected chi connectivity index (χ3v) is 11.6. The van der Waals surface area contributed by atoms with Gasteiger partial charge < -0.3 is 5.11 Å². The van der Waals surface area contributed by atoms with Crippen LogP contribution < -0.4 is 0 Å². The van der Waals surface area contributed by atoms with Crippen LogP contribution in [0.2, 0.25) is 0 Å². The van der Waals surface area contributed by atoms with Gasteiger partial charge in [0.25, 0.3) is 0 Å². The van der Waals surface area contributed by atoms with Crippen LogP contribution >= 0.6 is 0 Å². The number of nitrogens with zero attached hydrogens (tertiary/aromatic N) is 3. The molecule has 2 aromatic heterocycles. The summed E-state index contributed by atoms with van der Waals surface area (Å²) in [5, 5.41) is 12.0. The molecule has 0 atom stereocenters. The van der Waals surface area contributed by atoms with Crippen LogP contribution in [0, 0.1) is 33.6 Å². The molecular weight excluding hydrogens is 974 g/mol. The third-order valence-electron chi connectivity index (χ3n) is 11.6. The van der Waals surface area contributed by atoms with Gasteiger partial charge in [-0.1, -0.05) is 161 Å². The van der Waals surface area contributed by atoms with Gasteiger partial charge in [0.15, 0.2) is 0 Å². The molecule has 4 nitrogen and oxygen atoms in total. The van der Waals surface area contributed by atoms with Crippen LogP contribution in [0.15, 0.2) is 152 Å². The van der Waals surface area contributed by atoms with Gasteiger partial charge in [0, 0.05) is 46.7 Å². The Morgan fingerprint density at radius 2 is 1.31 bits per heavy atom. The Morgan fingerprint density at radius 3 is 2.00 bits per heavy atom. The first-order chi connectivity index (χ1) is 35.9. The molecule has 7 aromatic carbocycles. The van der Waals surface area contributed by atoms with E-state index in [4.69, 9.17) is 21.4 Å². The zero-order chi connectivity index (χ0) is 56.2. The van der Waals surface area contributed by atoms with Crippen LogP contribution in [-0.4, -0.2) is 19.6 Å². The average molecular weight is 1040 g/mol. The van der Waals surface area contributed by atoms with Gasteiger partial charge in [-0.3, -0.25) is 9.55 Å². The quantitative estimate of drug-likeness (QED) is 0.162. The molecule has 0 unspecified atom stereocenters. The van der Waals surface area contributed by atoms with Crippen LogP contribution in [0.1, 0.15) is 92.7 Å². The van der Waals surface area contributed by atoms with E-state index >= 15 is 0 Å². The Labute approximate surface area is 417 Å². The predicted molar refractivity (Wildman–Crippen MR) is 268 cm³/mol. The van der Waals surface area contributed by atoms with E-state index in [1.54, 1.807) is 19.1 Å². The van der Waals surface area contributed by atoms with Crippen molar-refractivity contribution in [3.8, 4) is 78.6 Å². The minimum atomic E-state index is -3.00. The molecule has 328 valence electrons. The number of imidazole rings is 1. The smallest absolute Gasteiger partial charge is 0.148 e. The molecule has 0 aliphatic carbocycles. The van der Waals surface area contributed by atoms with Gasteiger partial charge in [-0.2, -0.15) is 0 Å². The number of phenolic OH excluding ortho intramolecular Hbond substituents is 1. The van der Waals surface area contributed by atoms with Crippen molar-refractivity contribution in [2.45, 2.75) is 79.9 Å². The molecule has 0 fully saturated rings. The summed E-state index contributed by atoms with van der Waals surface area (Å²) < 4.78 is 115. The van der Waals surface area contributed by atoms with E-state index < -0.39 is 78.2 Å². The van der Waals surface area contributed by atoms with E-state index in [2.05, 4.69) is 31.8 Å². The van der Waals surface area contributed by atoms with Gasteiger partial charge in [-0.05, 0) is 119 Å². The number of hydrogen-bond acceptors (Lipinski definition) is 3. The minimum Gasteiger partial charge on any atom is -0.507 e. The number of aromatic hydroxyl groups is 1. The molecule has 9 aromatic rings. The van der Waals surface area contributed by atoms with E-state index in [1.165, 1.54) is 0 Å². The van der Waals surface area contributed by atoms with Gasteiger partial charge in [0.1, 0.15) is 11.6 Å². The maximum absolute atomic E-state index is 12.0. The van der Waals surface area contributed by atoms with E-state index in [9.17, 15) is 6.48 Å². The molecule has 65 heavy (non-hydrogen) atoms. The molecule has 0 aliphatic heterocycles. The van der Waals surface area contributed by atoms with Crippen molar-refractivity contribution in [1.29, 1.82) is 0 Å². The molecule has 0 bridgehead atoms. The molecule has 0 spiro atoms. The summed E-state index contributed by atoms with van der Waals surface area (Å²) in [5.41, 5.74) is 6.59. The zero-order valence-electron chi connectivity index (χ0n) is 50.5.